The summed E-state index contributed by atoms with van der Waals surface area (Å²) in [6.45, 7) is 6.09. The van der Waals surface area contributed by atoms with E-state index in [1.807, 2.05) is 19.9 Å². The predicted molar refractivity (Wildman–Crippen MR) is 114 cm³/mol. The van der Waals surface area contributed by atoms with E-state index in [1.54, 1.807) is 31.2 Å². The van der Waals surface area contributed by atoms with Gasteiger partial charge in [-0.2, -0.15) is 9.78 Å². The lowest BCUT2D eigenvalue weighted by molar-refractivity contribution is -0.119. The summed E-state index contributed by atoms with van der Waals surface area (Å²) in [4.78, 5) is 33.6. The Balaban J connectivity index is 1.42. The molecule has 0 bridgehead atoms. The van der Waals surface area contributed by atoms with Gasteiger partial charge in [-0.25, -0.2) is 14.8 Å². The highest BCUT2D eigenvalue weighted by Crippen LogP contribution is 2.30. The third kappa shape index (κ3) is 4.85. The molecule has 1 aliphatic heterocycles. The lowest BCUT2D eigenvalue weighted by atomic mass is 10.2. The van der Waals surface area contributed by atoms with Crippen molar-refractivity contribution >= 4 is 17.7 Å². The molecule has 0 radical (unpaired) electrons. The average Bonchev–Trinajstić information content (AvgIpc) is 2.95. The van der Waals surface area contributed by atoms with Crippen molar-refractivity contribution in [3.05, 3.63) is 53.0 Å². The molecule has 0 aliphatic carbocycles. The molecule has 166 valence electrons. The minimum Gasteiger partial charge on any atom is -0.490 e. The van der Waals surface area contributed by atoms with Crippen LogP contribution in [0.25, 0.3) is 5.95 Å². The number of ether oxygens (including phenoxy) is 3. The molecule has 1 N–H and O–H groups in total. The number of rotatable bonds is 5. The Kier molecular flexibility index (Phi) is 6.02. The fraction of sp³-hybridized carbons (Fsp3) is 0.318. The van der Waals surface area contributed by atoms with Crippen LogP contribution < -0.4 is 14.8 Å². The van der Waals surface area contributed by atoms with Crippen molar-refractivity contribution in [1.29, 1.82) is 0 Å². The first-order chi connectivity index (χ1) is 15.4. The minimum absolute atomic E-state index is 0.270. The molecule has 0 fully saturated rings. The Morgan fingerprint density at radius 1 is 1.00 bits per heavy atom. The van der Waals surface area contributed by atoms with Gasteiger partial charge in [0, 0.05) is 23.9 Å². The van der Waals surface area contributed by atoms with Crippen molar-refractivity contribution in [1.82, 2.24) is 19.7 Å². The van der Waals surface area contributed by atoms with Crippen molar-refractivity contribution < 1.29 is 23.8 Å². The van der Waals surface area contributed by atoms with E-state index >= 15 is 0 Å². The smallest absolute Gasteiger partial charge is 0.338 e. The number of esters is 1. The molecule has 1 aromatic carbocycles. The standard InChI is InChI=1S/C22H23N5O5/c1-13-9-14(2)24-22(23-13)27-19(10-15(3)26-27)25-20(28)12-32-21(29)16-5-6-17-18(11-16)31-8-4-7-30-17/h5-6,9-11H,4,7-8,12H2,1-3H3,(H,25,28). The number of aryl methyl sites for hydroxylation is 3. The van der Waals surface area contributed by atoms with Crippen molar-refractivity contribution in [2.24, 2.45) is 0 Å². The maximum atomic E-state index is 12.4. The molecule has 3 heterocycles. The molecule has 0 unspecified atom stereocenters. The first-order valence-corrected chi connectivity index (χ1v) is 10.1. The second-order valence-corrected chi connectivity index (χ2v) is 7.37. The molecule has 0 spiro atoms. The molecular formula is C22H23N5O5. The number of nitrogens with zero attached hydrogens (tertiary/aromatic N) is 4. The third-order valence-electron chi connectivity index (χ3n) is 4.58. The lowest BCUT2D eigenvalue weighted by Gasteiger charge is -2.10. The van der Waals surface area contributed by atoms with Crippen LogP contribution in [-0.4, -0.2) is 51.4 Å². The van der Waals surface area contributed by atoms with Gasteiger partial charge in [-0.15, -0.1) is 0 Å². The van der Waals surface area contributed by atoms with Crippen LogP contribution in [0.2, 0.25) is 0 Å². The number of anilines is 1. The molecule has 1 amide bonds. The highest BCUT2D eigenvalue weighted by Gasteiger charge is 2.18. The third-order valence-corrected chi connectivity index (χ3v) is 4.58. The van der Waals surface area contributed by atoms with Crippen LogP contribution in [0.15, 0.2) is 30.3 Å². The van der Waals surface area contributed by atoms with E-state index in [1.165, 1.54) is 4.68 Å². The van der Waals surface area contributed by atoms with Crippen molar-refractivity contribution in [2.75, 3.05) is 25.1 Å². The Hall–Kier alpha value is -3.95. The molecule has 1 aliphatic rings. The van der Waals surface area contributed by atoms with E-state index in [9.17, 15) is 9.59 Å². The summed E-state index contributed by atoms with van der Waals surface area (Å²) in [6.07, 6.45) is 0.762. The first-order valence-electron chi connectivity index (χ1n) is 10.1. The number of nitrogens with one attached hydrogen (secondary N) is 1. The lowest BCUT2D eigenvalue weighted by Crippen LogP contribution is -2.23. The molecule has 0 atom stereocenters. The summed E-state index contributed by atoms with van der Waals surface area (Å²) in [7, 11) is 0. The van der Waals surface area contributed by atoms with Crippen LogP contribution in [0, 0.1) is 20.8 Å². The van der Waals surface area contributed by atoms with Crippen molar-refractivity contribution in [3.8, 4) is 17.4 Å². The fourth-order valence-electron chi connectivity index (χ4n) is 3.23. The van der Waals surface area contributed by atoms with Gasteiger partial charge in [0.1, 0.15) is 5.82 Å². The highest BCUT2D eigenvalue weighted by molar-refractivity contribution is 5.95. The van der Waals surface area contributed by atoms with Crippen LogP contribution >= 0.6 is 0 Å². The van der Waals surface area contributed by atoms with Crippen LogP contribution in [0.1, 0.15) is 33.9 Å². The second kappa shape index (κ2) is 9.04. The van der Waals surface area contributed by atoms with Gasteiger partial charge in [-0.3, -0.25) is 4.79 Å². The van der Waals surface area contributed by atoms with Gasteiger partial charge in [-0.05, 0) is 45.0 Å². The fourth-order valence-corrected chi connectivity index (χ4v) is 3.23. The first kappa shape index (κ1) is 21.3. The number of carbonyl (C=O) groups excluding carboxylic acids is 2. The number of benzene rings is 1. The van der Waals surface area contributed by atoms with Gasteiger partial charge >= 0.3 is 5.97 Å². The summed E-state index contributed by atoms with van der Waals surface area (Å²) in [5, 5.41) is 7.04. The van der Waals surface area contributed by atoms with Crippen LogP contribution in [0.5, 0.6) is 11.5 Å². The number of aromatic nitrogens is 4. The van der Waals surface area contributed by atoms with Crippen LogP contribution in [-0.2, 0) is 9.53 Å². The summed E-state index contributed by atoms with van der Waals surface area (Å²) in [6, 6.07) is 8.31. The van der Waals surface area contributed by atoms with Gasteiger partial charge in [0.05, 0.1) is 24.5 Å². The van der Waals surface area contributed by atoms with E-state index in [2.05, 4.69) is 20.4 Å². The Bertz CT molecular complexity index is 1150. The van der Waals surface area contributed by atoms with Gasteiger partial charge in [0.15, 0.2) is 18.1 Å². The maximum Gasteiger partial charge on any atom is 0.338 e. The topological polar surface area (TPSA) is 117 Å². The van der Waals surface area contributed by atoms with Gasteiger partial charge in [-0.1, -0.05) is 0 Å². The van der Waals surface area contributed by atoms with Gasteiger partial charge in [0.25, 0.3) is 11.9 Å². The van der Waals surface area contributed by atoms with E-state index in [4.69, 9.17) is 14.2 Å². The Labute approximate surface area is 184 Å². The van der Waals surface area contributed by atoms with E-state index in [-0.39, 0.29) is 5.56 Å². The molecule has 32 heavy (non-hydrogen) atoms. The normalized spacial score (nSPS) is 12.7. The minimum atomic E-state index is -0.641. The molecule has 0 saturated carbocycles. The zero-order valence-electron chi connectivity index (χ0n) is 18.0. The van der Waals surface area contributed by atoms with Crippen LogP contribution in [0.4, 0.5) is 5.82 Å². The molecule has 0 saturated heterocycles. The maximum absolute atomic E-state index is 12.4. The van der Waals surface area contributed by atoms with E-state index in [0.717, 1.165) is 17.8 Å². The van der Waals surface area contributed by atoms with E-state index in [0.29, 0.717) is 42.2 Å². The number of amides is 1. The number of hydrogen-bond donors (Lipinski definition) is 1. The molecule has 2 aromatic heterocycles. The van der Waals surface area contributed by atoms with Crippen molar-refractivity contribution in [2.45, 2.75) is 27.2 Å². The van der Waals surface area contributed by atoms with Gasteiger partial charge in [0.2, 0.25) is 0 Å². The summed E-state index contributed by atoms with van der Waals surface area (Å²) in [5.74, 6) is 0.624. The summed E-state index contributed by atoms with van der Waals surface area (Å²) in [5.41, 5.74) is 2.50. The Morgan fingerprint density at radius 2 is 1.72 bits per heavy atom. The number of hydrogen-bond acceptors (Lipinski definition) is 8. The molecule has 4 rings (SSSR count). The molecule has 10 nitrogen and oxygen atoms in total. The quantitative estimate of drug-likeness (QED) is 0.605. The van der Waals surface area contributed by atoms with Crippen LogP contribution in [0.3, 0.4) is 0 Å². The van der Waals surface area contributed by atoms with E-state index < -0.39 is 18.5 Å². The largest absolute Gasteiger partial charge is 0.490 e. The van der Waals surface area contributed by atoms with Gasteiger partial charge < -0.3 is 19.5 Å². The Morgan fingerprint density at radius 3 is 2.47 bits per heavy atom. The SMILES string of the molecule is Cc1cc(C)nc(-n2nc(C)cc2NC(=O)COC(=O)c2ccc3c(c2)OCCCO3)n1. The second-order valence-electron chi connectivity index (χ2n) is 7.37. The number of carbonyl (C=O) groups is 2. The summed E-state index contributed by atoms with van der Waals surface area (Å²) < 4.78 is 17.7. The zero-order valence-corrected chi connectivity index (χ0v) is 18.0. The molecule has 10 heteroatoms. The van der Waals surface area contributed by atoms with Crippen molar-refractivity contribution in [3.63, 3.8) is 0 Å². The summed E-state index contributed by atoms with van der Waals surface area (Å²) >= 11 is 0. The highest BCUT2D eigenvalue weighted by atomic mass is 16.5. The predicted octanol–water partition coefficient (Wildman–Crippen LogP) is 2.54. The zero-order chi connectivity index (χ0) is 22.7. The monoisotopic (exact) mass is 437 g/mol. The molecule has 3 aromatic rings. The average molecular weight is 437 g/mol. The molecular weight excluding hydrogens is 414 g/mol. The number of fused-ring (bicyclic) bond motifs is 1.